The van der Waals surface area contributed by atoms with Gasteiger partial charge in [0.1, 0.15) is 6.33 Å². The van der Waals surface area contributed by atoms with Crippen LogP contribution in [-0.4, -0.2) is 32.7 Å². The molecule has 0 radical (unpaired) electrons. The Morgan fingerprint density at radius 3 is 2.61 bits per heavy atom. The molecule has 1 aromatic carbocycles. The molecule has 3 N–H and O–H groups in total. The molecule has 28 heavy (non-hydrogen) atoms. The summed E-state index contributed by atoms with van der Waals surface area (Å²) in [6.07, 6.45) is 2.48. The zero-order valence-corrected chi connectivity index (χ0v) is 16.4. The quantitative estimate of drug-likeness (QED) is 0.657. The number of primary amides is 1. The van der Waals surface area contributed by atoms with E-state index in [-0.39, 0.29) is 17.5 Å². The summed E-state index contributed by atoms with van der Waals surface area (Å²) in [6, 6.07) is 10.1. The fourth-order valence-corrected chi connectivity index (χ4v) is 3.36. The Morgan fingerprint density at radius 2 is 1.93 bits per heavy atom. The number of rotatable bonds is 7. The van der Waals surface area contributed by atoms with Crippen molar-refractivity contribution in [2.24, 2.45) is 5.73 Å². The highest BCUT2D eigenvalue weighted by molar-refractivity contribution is 5.96. The van der Waals surface area contributed by atoms with E-state index in [4.69, 9.17) is 5.73 Å². The lowest BCUT2D eigenvalue weighted by Crippen LogP contribution is -2.27. The molecule has 0 aliphatic carbocycles. The maximum atomic E-state index is 12.3. The lowest BCUT2D eigenvalue weighted by Gasteiger charge is -2.14. The third-order valence-corrected chi connectivity index (χ3v) is 5.06. The largest absolute Gasteiger partial charge is 0.364 e. The van der Waals surface area contributed by atoms with E-state index in [0.29, 0.717) is 25.0 Å². The first-order chi connectivity index (χ1) is 13.4. The molecule has 0 aliphatic heterocycles. The van der Waals surface area contributed by atoms with Gasteiger partial charge in [0.15, 0.2) is 11.3 Å². The minimum atomic E-state index is -0.603. The maximum Gasteiger partial charge on any atom is 0.271 e. The van der Waals surface area contributed by atoms with E-state index in [1.165, 1.54) is 5.56 Å². The molecule has 2 heterocycles. The Kier molecular flexibility index (Phi) is 5.73. The van der Waals surface area contributed by atoms with Crippen LogP contribution < -0.4 is 11.1 Å². The molecule has 0 spiro atoms. The van der Waals surface area contributed by atoms with Crippen molar-refractivity contribution in [3.8, 4) is 0 Å². The molecule has 7 nitrogen and oxygen atoms in total. The summed E-state index contributed by atoms with van der Waals surface area (Å²) < 4.78 is 1.75. The van der Waals surface area contributed by atoms with Gasteiger partial charge >= 0.3 is 0 Å². The van der Waals surface area contributed by atoms with E-state index in [1.54, 1.807) is 10.7 Å². The van der Waals surface area contributed by atoms with Gasteiger partial charge in [-0.2, -0.15) is 0 Å². The summed E-state index contributed by atoms with van der Waals surface area (Å²) in [5.41, 5.74) is 9.83. The normalized spacial score (nSPS) is 12.1. The minimum absolute atomic E-state index is 0.00475. The number of nitrogens with two attached hydrogens (primary N) is 1. The van der Waals surface area contributed by atoms with Gasteiger partial charge in [-0.25, -0.2) is 9.97 Å². The van der Waals surface area contributed by atoms with Crippen LogP contribution in [0.5, 0.6) is 0 Å². The fourth-order valence-electron chi connectivity index (χ4n) is 3.36. The smallest absolute Gasteiger partial charge is 0.271 e. The molecule has 1 atom stereocenters. The van der Waals surface area contributed by atoms with Crippen molar-refractivity contribution in [2.45, 2.75) is 39.5 Å². The number of benzene rings is 1. The van der Waals surface area contributed by atoms with E-state index in [0.717, 1.165) is 17.0 Å². The van der Waals surface area contributed by atoms with Crippen LogP contribution in [0.15, 0.2) is 36.7 Å². The molecular weight excluding hydrogens is 354 g/mol. The SMILES string of the molecule is Cc1nc2c(C(N)=O)ncn2c(C)c1CCC(=O)NC[C@H](C)c1ccccc1. The predicted molar refractivity (Wildman–Crippen MR) is 107 cm³/mol. The highest BCUT2D eigenvalue weighted by Gasteiger charge is 2.17. The van der Waals surface area contributed by atoms with Crippen LogP contribution in [-0.2, 0) is 11.2 Å². The van der Waals surface area contributed by atoms with Crippen LogP contribution in [0.25, 0.3) is 5.65 Å². The van der Waals surface area contributed by atoms with Crippen molar-refractivity contribution in [1.29, 1.82) is 0 Å². The summed E-state index contributed by atoms with van der Waals surface area (Å²) in [7, 11) is 0. The van der Waals surface area contributed by atoms with Gasteiger partial charge in [0.2, 0.25) is 5.91 Å². The molecule has 0 saturated carbocycles. The molecule has 0 aliphatic rings. The lowest BCUT2D eigenvalue weighted by molar-refractivity contribution is -0.121. The van der Waals surface area contributed by atoms with Crippen LogP contribution in [0, 0.1) is 13.8 Å². The zero-order chi connectivity index (χ0) is 20.3. The number of hydrogen-bond donors (Lipinski definition) is 2. The number of carbonyl (C=O) groups is 2. The number of hydrogen-bond acceptors (Lipinski definition) is 4. The van der Waals surface area contributed by atoms with Crippen LogP contribution in [0.2, 0.25) is 0 Å². The second kappa shape index (κ2) is 8.21. The summed E-state index contributed by atoms with van der Waals surface area (Å²) in [5, 5.41) is 3.01. The number of aromatic nitrogens is 3. The Labute approximate surface area is 164 Å². The van der Waals surface area contributed by atoms with Gasteiger partial charge in [-0.05, 0) is 37.3 Å². The number of aryl methyl sites for hydroxylation is 2. The average Bonchev–Trinajstić information content (AvgIpc) is 3.10. The first-order valence-corrected chi connectivity index (χ1v) is 9.33. The number of nitrogens with zero attached hydrogens (tertiary/aromatic N) is 3. The molecule has 2 aromatic heterocycles. The Hall–Kier alpha value is -3.22. The Bertz CT molecular complexity index is 1010. The lowest BCUT2D eigenvalue weighted by atomic mass is 10.0. The Balaban J connectivity index is 1.65. The van der Waals surface area contributed by atoms with E-state index in [9.17, 15) is 9.59 Å². The second-order valence-corrected chi connectivity index (χ2v) is 7.03. The highest BCUT2D eigenvalue weighted by atomic mass is 16.2. The van der Waals surface area contributed by atoms with Gasteiger partial charge in [0, 0.05) is 24.4 Å². The third kappa shape index (κ3) is 4.03. The zero-order valence-electron chi connectivity index (χ0n) is 16.4. The Morgan fingerprint density at radius 1 is 1.21 bits per heavy atom. The molecule has 146 valence electrons. The number of fused-ring (bicyclic) bond motifs is 1. The van der Waals surface area contributed by atoms with E-state index < -0.39 is 5.91 Å². The topological polar surface area (TPSA) is 102 Å². The molecule has 0 fully saturated rings. The van der Waals surface area contributed by atoms with E-state index in [2.05, 4.69) is 34.3 Å². The number of amides is 2. The van der Waals surface area contributed by atoms with Crippen molar-refractivity contribution >= 4 is 17.5 Å². The summed E-state index contributed by atoms with van der Waals surface area (Å²) in [5.74, 6) is -0.344. The standard InChI is InChI=1S/C21H25N5O2/c1-13(16-7-5-4-6-8-16)11-23-18(27)10-9-17-14(2)25-21-19(20(22)28)24-12-26(21)15(17)3/h4-8,12-13H,9-11H2,1-3H3,(H2,22,28)(H,23,27)/t13-/m0/s1. The maximum absolute atomic E-state index is 12.3. The molecular formula is C21H25N5O2. The van der Waals surface area contributed by atoms with Crippen LogP contribution in [0.3, 0.4) is 0 Å². The van der Waals surface area contributed by atoms with Gasteiger partial charge in [0.25, 0.3) is 5.91 Å². The van der Waals surface area contributed by atoms with E-state index in [1.807, 2.05) is 32.0 Å². The van der Waals surface area contributed by atoms with Gasteiger partial charge < -0.3 is 11.1 Å². The minimum Gasteiger partial charge on any atom is -0.364 e. The van der Waals surface area contributed by atoms with E-state index >= 15 is 0 Å². The molecule has 0 bridgehead atoms. The molecule has 0 unspecified atom stereocenters. The molecule has 2 amide bonds. The molecule has 0 saturated heterocycles. The summed E-state index contributed by atoms with van der Waals surface area (Å²) in [6.45, 7) is 6.49. The number of imidazole rings is 1. The van der Waals surface area contributed by atoms with Gasteiger partial charge in [-0.1, -0.05) is 37.3 Å². The van der Waals surface area contributed by atoms with Gasteiger partial charge in [-0.3, -0.25) is 14.0 Å². The average molecular weight is 379 g/mol. The molecule has 7 heteroatoms. The molecule has 3 rings (SSSR count). The van der Waals surface area contributed by atoms with Crippen molar-refractivity contribution in [3.63, 3.8) is 0 Å². The first kappa shape index (κ1) is 19.5. The monoisotopic (exact) mass is 379 g/mol. The summed E-state index contributed by atoms with van der Waals surface area (Å²) in [4.78, 5) is 32.3. The predicted octanol–water partition coefficient (Wildman–Crippen LogP) is 2.30. The van der Waals surface area contributed by atoms with Crippen molar-refractivity contribution in [2.75, 3.05) is 6.54 Å². The van der Waals surface area contributed by atoms with Crippen molar-refractivity contribution in [1.82, 2.24) is 19.7 Å². The number of nitrogens with one attached hydrogen (secondary N) is 1. The summed E-state index contributed by atoms with van der Waals surface area (Å²) >= 11 is 0. The highest BCUT2D eigenvalue weighted by Crippen LogP contribution is 2.19. The van der Waals surface area contributed by atoms with Gasteiger partial charge in [-0.15, -0.1) is 0 Å². The number of carbonyl (C=O) groups excluding carboxylic acids is 2. The van der Waals surface area contributed by atoms with Crippen molar-refractivity contribution < 1.29 is 9.59 Å². The third-order valence-electron chi connectivity index (χ3n) is 5.06. The van der Waals surface area contributed by atoms with Crippen molar-refractivity contribution in [3.05, 3.63) is 64.9 Å². The van der Waals surface area contributed by atoms with Gasteiger partial charge in [0.05, 0.1) is 0 Å². The second-order valence-electron chi connectivity index (χ2n) is 7.03. The molecule has 3 aromatic rings. The van der Waals surface area contributed by atoms with Crippen LogP contribution in [0.4, 0.5) is 0 Å². The van der Waals surface area contributed by atoms with Crippen LogP contribution >= 0.6 is 0 Å². The first-order valence-electron chi connectivity index (χ1n) is 9.33. The fraction of sp³-hybridized carbons (Fsp3) is 0.333. The van der Waals surface area contributed by atoms with Crippen LogP contribution in [0.1, 0.15) is 52.3 Å².